The number of aromatic nitrogens is 3. The van der Waals surface area contributed by atoms with Crippen molar-refractivity contribution in [3.8, 4) is 5.88 Å². The summed E-state index contributed by atoms with van der Waals surface area (Å²) in [5.41, 5.74) is 9.57. The van der Waals surface area contributed by atoms with E-state index >= 15 is 0 Å². The Bertz CT molecular complexity index is 1140. The summed E-state index contributed by atoms with van der Waals surface area (Å²) < 4.78 is 11.3. The number of methoxy groups -OCH3 is 1. The second kappa shape index (κ2) is 7.43. The molecule has 162 valence electrons. The number of hydrogen-bond donors (Lipinski definition) is 2. The van der Waals surface area contributed by atoms with Crippen LogP contribution in [0.3, 0.4) is 0 Å². The van der Waals surface area contributed by atoms with E-state index < -0.39 is 5.54 Å². The van der Waals surface area contributed by atoms with Gasteiger partial charge < -0.3 is 20.5 Å². The first kappa shape index (κ1) is 20.2. The van der Waals surface area contributed by atoms with Crippen molar-refractivity contribution in [2.45, 2.75) is 57.8 Å². The molecule has 31 heavy (non-hydrogen) atoms. The molecule has 3 atom stereocenters. The maximum absolute atomic E-state index is 6.76. The summed E-state index contributed by atoms with van der Waals surface area (Å²) in [4.78, 5) is 14.0. The number of ether oxygens (including phenoxy) is 2. The average Bonchev–Trinajstić information content (AvgIpc) is 3.62. The van der Waals surface area contributed by atoms with Crippen LogP contribution in [0.5, 0.6) is 5.88 Å². The van der Waals surface area contributed by atoms with Gasteiger partial charge in [-0.25, -0.2) is 15.0 Å². The van der Waals surface area contributed by atoms with Gasteiger partial charge >= 0.3 is 0 Å². The van der Waals surface area contributed by atoms with Crippen LogP contribution in [0.2, 0.25) is 0 Å². The number of rotatable bonds is 5. The Hall–Kier alpha value is -2.77. The standard InChI is InChI=1S/C24H29N5O2/c1-13-14(2)31-12-15-5-8-20(29-22(13)15)28-21-9-17-18(10-26-21)23(30-4)27-11-19(17)24(3,25)16-6-7-16/h5,8-11,13-14,16H,6-7,12,25H2,1-4H3,(H,26,28,29)/t13-,14-,24?/m0/s1. The normalized spacial score (nSPS) is 22.6. The van der Waals surface area contributed by atoms with Crippen molar-refractivity contribution in [3.63, 3.8) is 0 Å². The molecule has 0 spiro atoms. The van der Waals surface area contributed by atoms with Gasteiger partial charge in [-0.3, -0.25) is 0 Å². The molecule has 5 rings (SSSR count). The van der Waals surface area contributed by atoms with E-state index in [1.54, 1.807) is 13.3 Å². The molecule has 7 heteroatoms. The van der Waals surface area contributed by atoms with E-state index in [0.29, 0.717) is 24.2 Å². The molecular weight excluding hydrogens is 390 g/mol. The first-order valence-corrected chi connectivity index (χ1v) is 10.9. The van der Waals surface area contributed by atoms with Crippen molar-refractivity contribution in [2.24, 2.45) is 11.7 Å². The Morgan fingerprint density at radius 3 is 2.68 bits per heavy atom. The van der Waals surface area contributed by atoms with Crippen LogP contribution in [0.15, 0.2) is 30.6 Å². The van der Waals surface area contributed by atoms with Gasteiger partial charge in [0.2, 0.25) is 5.88 Å². The van der Waals surface area contributed by atoms with Gasteiger partial charge in [-0.1, -0.05) is 13.0 Å². The van der Waals surface area contributed by atoms with Gasteiger partial charge in [0.25, 0.3) is 0 Å². The molecule has 2 aliphatic rings. The summed E-state index contributed by atoms with van der Waals surface area (Å²) in [7, 11) is 1.62. The molecule has 1 fully saturated rings. The van der Waals surface area contributed by atoms with E-state index in [0.717, 1.165) is 46.3 Å². The van der Waals surface area contributed by atoms with Gasteiger partial charge in [0.05, 0.1) is 30.9 Å². The van der Waals surface area contributed by atoms with E-state index in [1.807, 2.05) is 18.3 Å². The molecule has 1 aliphatic carbocycles. The Labute approximate surface area is 182 Å². The third-order valence-electron chi connectivity index (χ3n) is 6.84. The van der Waals surface area contributed by atoms with Crippen LogP contribution >= 0.6 is 0 Å². The summed E-state index contributed by atoms with van der Waals surface area (Å²) in [6.07, 6.45) is 6.10. The Morgan fingerprint density at radius 1 is 1.13 bits per heavy atom. The summed E-state index contributed by atoms with van der Waals surface area (Å²) >= 11 is 0. The minimum Gasteiger partial charge on any atom is -0.481 e. The SMILES string of the molecule is COc1ncc(C(C)(N)C2CC2)c2cc(Nc3ccc4c(n3)[C@@H](C)[C@H](C)OC4)ncc12. The molecule has 0 radical (unpaired) electrons. The molecule has 3 aromatic rings. The zero-order valence-corrected chi connectivity index (χ0v) is 18.5. The van der Waals surface area contributed by atoms with Crippen LogP contribution in [0.25, 0.3) is 10.8 Å². The van der Waals surface area contributed by atoms with Gasteiger partial charge in [-0.05, 0) is 61.3 Å². The predicted octanol–water partition coefficient (Wildman–Crippen LogP) is 4.38. The number of pyridine rings is 3. The van der Waals surface area contributed by atoms with Crippen molar-refractivity contribution >= 4 is 22.4 Å². The summed E-state index contributed by atoms with van der Waals surface area (Å²) in [5.74, 6) is 2.76. The molecule has 0 aromatic carbocycles. The highest BCUT2D eigenvalue weighted by atomic mass is 16.5. The highest BCUT2D eigenvalue weighted by Crippen LogP contribution is 2.46. The number of nitrogens with zero attached hydrogens (tertiary/aromatic N) is 3. The fourth-order valence-corrected chi connectivity index (χ4v) is 4.48. The zero-order chi connectivity index (χ0) is 21.8. The van der Waals surface area contributed by atoms with Crippen LogP contribution in [0, 0.1) is 5.92 Å². The lowest BCUT2D eigenvalue weighted by Crippen LogP contribution is -2.35. The van der Waals surface area contributed by atoms with E-state index in [2.05, 4.69) is 42.1 Å². The van der Waals surface area contributed by atoms with E-state index in [1.165, 1.54) is 0 Å². The number of nitrogens with one attached hydrogen (secondary N) is 1. The van der Waals surface area contributed by atoms with Gasteiger partial charge in [0.15, 0.2) is 0 Å². The number of anilines is 2. The smallest absolute Gasteiger partial charge is 0.222 e. The van der Waals surface area contributed by atoms with Crippen LogP contribution in [-0.2, 0) is 16.9 Å². The monoisotopic (exact) mass is 419 g/mol. The third kappa shape index (κ3) is 3.51. The lowest BCUT2D eigenvalue weighted by Gasteiger charge is -2.28. The molecule has 0 saturated heterocycles. The Balaban J connectivity index is 1.54. The summed E-state index contributed by atoms with van der Waals surface area (Å²) in [6, 6.07) is 6.08. The number of hydrogen-bond acceptors (Lipinski definition) is 7. The van der Waals surface area contributed by atoms with Gasteiger partial charge in [0.1, 0.15) is 11.6 Å². The molecule has 1 saturated carbocycles. The number of fused-ring (bicyclic) bond motifs is 2. The van der Waals surface area contributed by atoms with Crippen molar-refractivity contribution < 1.29 is 9.47 Å². The predicted molar refractivity (Wildman–Crippen MR) is 121 cm³/mol. The zero-order valence-electron chi connectivity index (χ0n) is 18.5. The lowest BCUT2D eigenvalue weighted by molar-refractivity contribution is 0.0226. The van der Waals surface area contributed by atoms with E-state index in [9.17, 15) is 0 Å². The highest BCUT2D eigenvalue weighted by Gasteiger charge is 2.41. The van der Waals surface area contributed by atoms with E-state index in [4.69, 9.17) is 20.2 Å². The molecule has 1 aliphatic heterocycles. The van der Waals surface area contributed by atoms with Crippen molar-refractivity contribution in [2.75, 3.05) is 12.4 Å². The molecular formula is C24H29N5O2. The van der Waals surface area contributed by atoms with Crippen LogP contribution in [0.4, 0.5) is 11.6 Å². The molecule has 0 amide bonds. The first-order chi connectivity index (χ1) is 14.9. The maximum Gasteiger partial charge on any atom is 0.222 e. The maximum atomic E-state index is 6.76. The fourth-order valence-electron chi connectivity index (χ4n) is 4.48. The largest absolute Gasteiger partial charge is 0.481 e. The van der Waals surface area contributed by atoms with Crippen LogP contribution in [0.1, 0.15) is 56.4 Å². The lowest BCUT2D eigenvalue weighted by atomic mass is 9.86. The Kier molecular flexibility index (Phi) is 4.83. The van der Waals surface area contributed by atoms with Gasteiger partial charge in [-0.2, -0.15) is 0 Å². The summed E-state index contributed by atoms with van der Waals surface area (Å²) in [5, 5.41) is 5.25. The van der Waals surface area contributed by atoms with Crippen LogP contribution in [-0.4, -0.2) is 28.2 Å². The second-order valence-corrected chi connectivity index (χ2v) is 9.02. The highest BCUT2D eigenvalue weighted by molar-refractivity contribution is 5.91. The van der Waals surface area contributed by atoms with Gasteiger partial charge in [-0.15, -0.1) is 0 Å². The molecule has 1 unspecified atom stereocenters. The second-order valence-electron chi connectivity index (χ2n) is 9.02. The molecule has 3 aromatic heterocycles. The van der Waals surface area contributed by atoms with Crippen LogP contribution < -0.4 is 15.8 Å². The molecule has 7 nitrogen and oxygen atoms in total. The number of nitrogens with two attached hydrogens (primary N) is 1. The third-order valence-corrected chi connectivity index (χ3v) is 6.84. The topological polar surface area (TPSA) is 95.2 Å². The molecule has 4 heterocycles. The van der Waals surface area contributed by atoms with Gasteiger partial charge in [0, 0.05) is 23.9 Å². The minimum atomic E-state index is -0.439. The fraction of sp³-hybridized carbons (Fsp3) is 0.458. The quantitative estimate of drug-likeness (QED) is 0.633. The minimum absolute atomic E-state index is 0.154. The van der Waals surface area contributed by atoms with Crippen molar-refractivity contribution in [1.82, 2.24) is 15.0 Å². The van der Waals surface area contributed by atoms with Crippen molar-refractivity contribution in [3.05, 3.63) is 47.4 Å². The Morgan fingerprint density at radius 2 is 1.94 bits per heavy atom. The summed E-state index contributed by atoms with van der Waals surface area (Å²) in [6.45, 7) is 6.94. The average molecular weight is 420 g/mol. The first-order valence-electron chi connectivity index (χ1n) is 10.9. The van der Waals surface area contributed by atoms with Crippen molar-refractivity contribution in [1.29, 1.82) is 0 Å². The van der Waals surface area contributed by atoms with E-state index in [-0.39, 0.29) is 12.0 Å². The molecule has 3 N–H and O–H groups in total. The molecule has 0 bridgehead atoms.